The van der Waals surface area contributed by atoms with Crippen LogP contribution in [0.15, 0.2) is 16.6 Å². The molecule has 0 amide bonds. The molecule has 1 aliphatic carbocycles. The summed E-state index contributed by atoms with van der Waals surface area (Å²) in [5, 5.41) is 0.819. The van der Waals surface area contributed by atoms with E-state index < -0.39 is 0 Å². The van der Waals surface area contributed by atoms with Gasteiger partial charge in [-0.3, -0.25) is 0 Å². The maximum Gasteiger partial charge on any atom is 0.0420 e. The van der Waals surface area contributed by atoms with Crippen LogP contribution in [-0.4, -0.2) is 6.54 Å². The Bertz CT molecular complexity index is 351. The topological polar surface area (TPSA) is 26.0 Å². The molecule has 0 bridgehead atoms. The van der Waals surface area contributed by atoms with Gasteiger partial charge in [-0.1, -0.05) is 27.5 Å². The van der Waals surface area contributed by atoms with Gasteiger partial charge in [-0.15, -0.1) is 0 Å². The minimum atomic E-state index is 0.616. The molecule has 0 aliphatic heterocycles. The van der Waals surface area contributed by atoms with Gasteiger partial charge in [0.1, 0.15) is 0 Å². The van der Waals surface area contributed by atoms with Crippen LogP contribution in [-0.2, 0) is 6.42 Å². The van der Waals surface area contributed by atoms with Gasteiger partial charge < -0.3 is 5.73 Å². The molecule has 0 spiro atoms. The lowest BCUT2D eigenvalue weighted by Gasteiger charge is -2.10. The number of halogens is 2. The molecular formula is C11H13BrClN. The Morgan fingerprint density at radius 2 is 2.29 bits per heavy atom. The maximum atomic E-state index is 6.03. The van der Waals surface area contributed by atoms with Crippen LogP contribution < -0.4 is 5.73 Å². The fourth-order valence-corrected chi connectivity index (χ4v) is 3.26. The first-order valence-electron chi connectivity index (χ1n) is 4.90. The summed E-state index contributed by atoms with van der Waals surface area (Å²) >= 11 is 9.59. The highest BCUT2D eigenvalue weighted by molar-refractivity contribution is 9.10. The monoisotopic (exact) mass is 273 g/mol. The lowest BCUT2D eigenvalue weighted by atomic mass is 9.98. The molecule has 0 saturated carbocycles. The quantitative estimate of drug-likeness (QED) is 0.878. The molecule has 3 heteroatoms. The Labute approximate surface area is 97.8 Å². The van der Waals surface area contributed by atoms with Crippen molar-refractivity contribution < 1.29 is 0 Å². The number of rotatable bonds is 2. The SMILES string of the molecule is NCCC1CCc2c(Br)cc(Cl)cc21. The van der Waals surface area contributed by atoms with Gasteiger partial charge in [0.05, 0.1) is 0 Å². The fourth-order valence-electron chi connectivity index (χ4n) is 2.23. The molecule has 2 N–H and O–H groups in total. The lowest BCUT2D eigenvalue weighted by Crippen LogP contribution is -2.04. The highest BCUT2D eigenvalue weighted by Crippen LogP contribution is 2.40. The van der Waals surface area contributed by atoms with Gasteiger partial charge in [0.25, 0.3) is 0 Å². The minimum Gasteiger partial charge on any atom is -0.330 e. The summed E-state index contributed by atoms with van der Waals surface area (Å²) in [6.45, 7) is 0.758. The van der Waals surface area contributed by atoms with Crippen LogP contribution in [0.2, 0.25) is 5.02 Å². The van der Waals surface area contributed by atoms with E-state index in [9.17, 15) is 0 Å². The van der Waals surface area contributed by atoms with Crippen molar-refractivity contribution in [3.05, 3.63) is 32.8 Å². The van der Waals surface area contributed by atoms with Crippen LogP contribution in [0.5, 0.6) is 0 Å². The Balaban J connectivity index is 2.38. The zero-order chi connectivity index (χ0) is 10.1. The largest absolute Gasteiger partial charge is 0.330 e. The third kappa shape index (κ3) is 1.83. The minimum absolute atomic E-state index is 0.616. The predicted octanol–water partition coefficient (Wildman–Crippen LogP) is 3.48. The standard InChI is InChI=1S/C11H13BrClN/c12-11-6-8(13)5-10-7(3-4-14)1-2-9(10)11/h5-7H,1-4,14H2. The molecule has 2 rings (SSSR count). The molecule has 1 aromatic carbocycles. The molecule has 1 aromatic rings. The summed E-state index contributed by atoms with van der Waals surface area (Å²) in [6.07, 6.45) is 3.43. The second kappa shape index (κ2) is 4.21. The Hall–Kier alpha value is -0.0500. The van der Waals surface area contributed by atoms with Gasteiger partial charge in [-0.05, 0) is 55.0 Å². The number of nitrogens with two attached hydrogens (primary N) is 1. The second-order valence-corrected chi connectivity index (χ2v) is 5.06. The molecule has 1 nitrogen and oxygen atoms in total. The molecule has 0 fully saturated rings. The zero-order valence-corrected chi connectivity index (χ0v) is 10.2. The Morgan fingerprint density at radius 3 is 3.00 bits per heavy atom. The predicted molar refractivity (Wildman–Crippen MR) is 63.9 cm³/mol. The fraction of sp³-hybridized carbons (Fsp3) is 0.455. The lowest BCUT2D eigenvalue weighted by molar-refractivity contribution is 0.627. The van der Waals surface area contributed by atoms with Crippen molar-refractivity contribution in [2.45, 2.75) is 25.2 Å². The molecule has 1 atom stereocenters. The summed E-state index contributed by atoms with van der Waals surface area (Å²) in [4.78, 5) is 0. The van der Waals surface area contributed by atoms with Crippen LogP contribution in [0.3, 0.4) is 0 Å². The smallest absolute Gasteiger partial charge is 0.0420 e. The van der Waals surface area contributed by atoms with Gasteiger partial charge in [0, 0.05) is 9.50 Å². The second-order valence-electron chi connectivity index (χ2n) is 3.77. The van der Waals surface area contributed by atoms with E-state index in [0.29, 0.717) is 5.92 Å². The van der Waals surface area contributed by atoms with Crippen molar-refractivity contribution in [1.29, 1.82) is 0 Å². The van der Waals surface area contributed by atoms with E-state index in [1.54, 1.807) is 0 Å². The molecule has 0 radical (unpaired) electrons. The van der Waals surface area contributed by atoms with Crippen LogP contribution >= 0.6 is 27.5 Å². The summed E-state index contributed by atoms with van der Waals surface area (Å²) < 4.78 is 1.15. The van der Waals surface area contributed by atoms with E-state index in [1.807, 2.05) is 6.07 Å². The highest BCUT2D eigenvalue weighted by Gasteiger charge is 2.23. The van der Waals surface area contributed by atoms with E-state index in [-0.39, 0.29) is 0 Å². The average molecular weight is 275 g/mol. The van der Waals surface area contributed by atoms with E-state index in [4.69, 9.17) is 17.3 Å². The van der Waals surface area contributed by atoms with Crippen LogP contribution in [0, 0.1) is 0 Å². The van der Waals surface area contributed by atoms with Gasteiger partial charge in [0.15, 0.2) is 0 Å². The molecule has 0 heterocycles. The molecule has 0 saturated heterocycles. The van der Waals surface area contributed by atoms with E-state index in [0.717, 1.165) is 28.9 Å². The van der Waals surface area contributed by atoms with Crippen LogP contribution in [0.25, 0.3) is 0 Å². The van der Waals surface area contributed by atoms with Gasteiger partial charge in [0.2, 0.25) is 0 Å². The number of fused-ring (bicyclic) bond motifs is 1. The van der Waals surface area contributed by atoms with E-state index >= 15 is 0 Å². The summed E-state index contributed by atoms with van der Waals surface area (Å²) in [7, 11) is 0. The first-order valence-corrected chi connectivity index (χ1v) is 6.07. The van der Waals surface area contributed by atoms with Gasteiger partial charge >= 0.3 is 0 Å². The maximum absolute atomic E-state index is 6.03. The summed E-state index contributed by atoms with van der Waals surface area (Å²) in [5.41, 5.74) is 8.42. The average Bonchev–Trinajstić information content (AvgIpc) is 2.49. The van der Waals surface area contributed by atoms with Crippen molar-refractivity contribution in [3.8, 4) is 0 Å². The first kappa shape index (κ1) is 10.5. The van der Waals surface area contributed by atoms with E-state index in [1.165, 1.54) is 17.5 Å². The number of hydrogen-bond acceptors (Lipinski definition) is 1. The van der Waals surface area contributed by atoms with Crippen molar-refractivity contribution >= 4 is 27.5 Å². The van der Waals surface area contributed by atoms with Crippen molar-refractivity contribution in [1.82, 2.24) is 0 Å². The van der Waals surface area contributed by atoms with Crippen molar-refractivity contribution in [3.63, 3.8) is 0 Å². The Kier molecular flexibility index (Phi) is 3.15. The molecule has 0 aromatic heterocycles. The Morgan fingerprint density at radius 1 is 1.50 bits per heavy atom. The molecule has 1 aliphatic rings. The summed E-state index contributed by atoms with van der Waals surface area (Å²) in [6, 6.07) is 4.07. The zero-order valence-electron chi connectivity index (χ0n) is 7.89. The normalized spacial score (nSPS) is 19.8. The molecule has 14 heavy (non-hydrogen) atoms. The summed E-state index contributed by atoms with van der Waals surface area (Å²) in [5.74, 6) is 0.616. The van der Waals surface area contributed by atoms with Crippen LogP contribution in [0.1, 0.15) is 29.9 Å². The third-order valence-electron chi connectivity index (χ3n) is 2.89. The number of benzene rings is 1. The van der Waals surface area contributed by atoms with Gasteiger partial charge in [-0.25, -0.2) is 0 Å². The molecule has 76 valence electrons. The van der Waals surface area contributed by atoms with Gasteiger partial charge in [-0.2, -0.15) is 0 Å². The molecule has 1 unspecified atom stereocenters. The van der Waals surface area contributed by atoms with E-state index in [2.05, 4.69) is 22.0 Å². The van der Waals surface area contributed by atoms with Crippen molar-refractivity contribution in [2.75, 3.05) is 6.54 Å². The highest BCUT2D eigenvalue weighted by atomic mass is 79.9. The van der Waals surface area contributed by atoms with Crippen molar-refractivity contribution in [2.24, 2.45) is 5.73 Å². The third-order valence-corrected chi connectivity index (χ3v) is 3.82. The number of hydrogen-bond donors (Lipinski definition) is 1. The first-order chi connectivity index (χ1) is 6.72. The van der Waals surface area contributed by atoms with Crippen LogP contribution in [0.4, 0.5) is 0 Å². The molecular weight excluding hydrogens is 261 g/mol.